The van der Waals surface area contributed by atoms with Crippen LogP contribution in [0.1, 0.15) is 41.0 Å². The predicted octanol–water partition coefficient (Wildman–Crippen LogP) is 0.243. The van der Waals surface area contributed by atoms with Crippen LogP contribution < -0.4 is 10.6 Å². The molecule has 1 aliphatic rings. The van der Waals surface area contributed by atoms with Gasteiger partial charge in [0.05, 0.1) is 6.10 Å². The Bertz CT molecular complexity index is 487. The van der Waals surface area contributed by atoms with Gasteiger partial charge >= 0.3 is 6.09 Å². The Hall–Kier alpha value is -1.83. The van der Waals surface area contributed by atoms with Crippen LogP contribution in [0.15, 0.2) is 0 Å². The minimum absolute atomic E-state index is 0.0656. The standard InChI is InChI=1S/C16H29N3O5/c1-9(2)12(18-15(23)24-16(3,4)5)14(22)19-8-10(20)7-11(19)13(21)17-6/h9-12,20H,7-8H2,1-6H3,(H,17,21)(H,18,23)/t10-,11+,12+/m1/s1. The summed E-state index contributed by atoms with van der Waals surface area (Å²) >= 11 is 0. The van der Waals surface area contributed by atoms with Gasteiger partial charge in [-0.1, -0.05) is 13.8 Å². The Morgan fingerprint density at radius 3 is 2.29 bits per heavy atom. The van der Waals surface area contributed by atoms with Crippen LogP contribution in [0, 0.1) is 5.92 Å². The van der Waals surface area contributed by atoms with Crippen LogP contribution in [-0.4, -0.2) is 65.3 Å². The Morgan fingerprint density at radius 2 is 1.83 bits per heavy atom. The fourth-order valence-electron chi connectivity index (χ4n) is 2.60. The summed E-state index contributed by atoms with van der Waals surface area (Å²) in [5.41, 5.74) is -0.677. The van der Waals surface area contributed by atoms with E-state index in [1.807, 2.05) is 0 Å². The van der Waals surface area contributed by atoms with Crippen molar-refractivity contribution in [1.82, 2.24) is 15.5 Å². The third-order valence-electron chi connectivity index (χ3n) is 3.72. The average molecular weight is 343 g/mol. The molecule has 3 amide bonds. The summed E-state index contributed by atoms with van der Waals surface area (Å²) in [6.45, 7) is 8.85. The van der Waals surface area contributed by atoms with Crippen molar-refractivity contribution in [3.05, 3.63) is 0 Å². The number of carbonyl (C=O) groups excluding carboxylic acids is 3. The number of aliphatic hydroxyl groups is 1. The molecule has 1 aliphatic heterocycles. The van der Waals surface area contributed by atoms with Gasteiger partial charge in [-0.25, -0.2) is 4.79 Å². The van der Waals surface area contributed by atoms with Gasteiger partial charge in [0.2, 0.25) is 11.8 Å². The van der Waals surface area contributed by atoms with E-state index in [-0.39, 0.29) is 24.8 Å². The number of β-amino-alcohol motifs (C(OH)–C–C–N with tert-alkyl or cyclic N) is 1. The highest BCUT2D eigenvalue weighted by Gasteiger charge is 2.42. The van der Waals surface area contributed by atoms with Gasteiger partial charge in [-0.15, -0.1) is 0 Å². The maximum absolute atomic E-state index is 12.8. The fourth-order valence-corrected chi connectivity index (χ4v) is 2.60. The van der Waals surface area contributed by atoms with Gasteiger partial charge < -0.3 is 25.4 Å². The van der Waals surface area contributed by atoms with Gasteiger partial charge in [-0.2, -0.15) is 0 Å². The van der Waals surface area contributed by atoms with Crippen molar-refractivity contribution in [1.29, 1.82) is 0 Å². The van der Waals surface area contributed by atoms with Crippen LogP contribution in [0.2, 0.25) is 0 Å². The number of hydrogen-bond donors (Lipinski definition) is 3. The zero-order valence-electron chi connectivity index (χ0n) is 15.3. The van der Waals surface area contributed by atoms with Gasteiger partial charge in [-0.3, -0.25) is 9.59 Å². The van der Waals surface area contributed by atoms with Crippen molar-refractivity contribution < 1.29 is 24.2 Å². The van der Waals surface area contributed by atoms with Crippen molar-refractivity contribution in [3.8, 4) is 0 Å². The zero-order chi connectivity index (χ0) is 18.7. The third kappa shape index (κ3) is 5.36. The minimum atomic E-state index is -0.836. The Labute approximate surface area is 142 Å². The number of alkyl carbamates (subject to hydrolysis) is 1. The van der Waals surface area contributed by atoms with Crippen LogP contribution in [0.5, 0.6) is 0 Å². The first-order valence-electron chi connectivity index (χ1n) is 8.16. The highest BCUT2D eigenvalue weighted by molar-refractivity contribution is 5.92. The summed E-state index contributed by atoms with van der Waals surface area (Å²) < 4.78 is 5.20. The van der Waals surface area contributed by atoms with E-state index in [2.05, 4.69) is 10.6 Å². The number of rotatable bonds is 4. The molecule has 24 heavy (non-hydrogen) atoms. The number of amides is 3. The molecule has 0 spiro atoms. The van der Waals surface area contributed by atoms with Gasteiger partial charge in [0.25, 0.3) is 0 Å². The lowest BCUT2D eigenvalue weighted by atomic mass is 10.0. The predicted molar refractivity (Wildman–Crippen MR) is 88.2 cm³/mol. The largest absolute Gasteiger partial charge is 0.444 e. The van der Waals surface area contributed by atoms with Crippen LogP contribution >= 0.6 is 0 Å². The molecule has 0 radical (unpaired) electrons. The summed E-state index contributed by atoms with van der Waals surface area (Å²) in [7, 11) is 1.48. The Kier molecular flexibility index (Phi) is 6.59. The summed E-state index contributed by atoms with van der Waals surface area (Å²) in [4.78, 5) is 38.1. The lowest BCUT2D eigenvalue weighted by Gasteiger charge is -2.30. The Morgan fingerprint density at radius 1 is 1.25 bits per heavy atom. The van der Waals surface area contributed by atoms with Gasteiger partial charge in [0, 0.05) is 20.0 Å². The van der Waals surface area contributed by atoms with Crippen molar-refractivity contribution in [2.24, 2.45) is 5.92 Å². The monoisotopic (exact) mass is 343 g/mol. The smallest absolute Gasteiger partial charge is 0.408 e. The number of likely N-dealkylation sites (tertiary alicyclic amines) is 1. The molecule has 1 fully saturated rings. The summed E-state index contributed by atoms with van der Waals surface area (Å²) in [5.74, 6) is -0.936. The number of hydrogen-bond acceptors (Lipinski definition) is 5. The SMILES string of the molecule is CNC(=O)[C@@H]1C[C@@H](O)CN1C(=O)[C@@H](NC(=O)OC(C)(C)C)C(C)C. The first-order chi connectivity index (χ1) is 11.0. The average Bonchev–Trinajstić information content (AvgIpc) is 2.83. The molecule has 3 atom stereocenters. The molecule has 3 N–H and O–H groups in total. The van der Waals surface area contributed by atoms with E-state index in [1.54, 1.807) is 34.6 Å². The van der Waals surface area contributed by atoms with Gasteiger partial charge in [0.1, 0.15) is 17.7 Å². The van der Waals surface area contributed by atoms with E-state index in [4.69, 9.17) is 4.74 Å². The summed E-state index contributed by atoms with van der Waals surface area (Å²) in [5, 5.41) is 14.9. The third-order valence-corrected chi connectivity index (χ3v) is 3.72. The molecule has 0 aromatic rings. The fraction of sp³-hybridized carbons (Fsp3) is 0.812. The van der Waals surface area contributed by atoms with Gasteiger partial charge in [-0.05, 0) is 26.7 Å². The molecule has 1 rings (SSSR count). The molecule has 0 aromatic heterocycles. The van der Waals surface area contributed by atoms with Crippen molar-refractivity contribution in [3.63, 3.8) is 0 Å². The number of likely N-dealkylation sites (N-methyl/N-ethyl adjacent to an activating group) is 1. The highest BCUT2D eigenvalue weighted by Crippen LogP contribution is 2.21. The van der Waals surface area contributed by atoms with E-state index in [0.29, 0.717) is 0 Å². The molecule has 0 aliphatic carbocycles. The van der Waals surface area contributed by atoms with E-state index < -0.39 is 35.8 Å². The second-order valence-electron chi connectivity index (χ2n) is 7.38. The van der Waals surface area contributed by atoms with Gasteiger partial charge in [0.15, 0.2) is 0 Å². The normalized spacial score (nSPS) is 22.2. The second-order valence-corrected chi connectivity index (χ2v) is 7.38. The molecule has 0 unspecified atom stereocenters. The van der Waals surface area contributed by atoms with Crippen LogP contribution in [0.3, 0.4) is 0 Å². The molecule has 138 valence electrons. The molecular formula is C16H29N3O5. The van der Waals surface area contributed by atoms with Crippen LogP contribution in [0.4, 0.5) is 4.79 Å². The molecular weight excluding hydrogens is 314 g/mol. The Balaban J connectivity index is 2.89. The lowest BCUT2D eigenvalue weighted by molar-refractivity contribution is -0.140. The molecule has 8 nitrogen and oxygen atoms in total. The number of carbonyl (C=O) groups is 3. The second kappa shape index (κ2) is 7.83. The van der Waals surface area contributed by atoms with Crippen molar-refractivity contribution in [2.75, 3.05) is 13.6 Å². The van der Waals surface area contributed by atoms with E-state index >= 15 is 0 Å². The number of aliphatic hydroxyl groups excluding tert-OH is 1. The quantitative estimate of drug-likeness (QED) is 0.678. The van der Waals surface area contributed by atoms with Crippen molar-refractivity contribution in [2.45, 2.75) is 64.8 Å². The zero-order valence-corrected chi connectivity index (χ0v) is 15.3. The summed E-state index contributed by atoms with van der Waals surface area (Å²) in [6, 6.07) is -1.57. The number of nitrogens with zero attached hydrogens (tertiary/aromatic N) is 1. The van der Waals surface area contributed by atoms with Crippen molar-refractivity contribution >= 4 is 17.9 Å². The first-order valence-corrected chi connectivity index (χ1v) is 8.16. The molecule has 0 aromatic carbocycles. The molecule has 1 saturated heterocycles. The van der Waals surface area contributed by atoms with Crippen LogP contribution in [0.25, 0.3) is 0 Å². The van der Waals surface area contributed by atoms with E-state index in [9.17, 15) is 19.5 Å². The lowest BCUT2D eigenvalue weighted by Crippen LogP contribution is -2.55. The van der Waals surface area contributed by atoms with Crippen LogP contribution in [-0.2, 0) is 14.3 Å². The number of nitrogens with one attached hydrogen (secondary N) is 2. The molecule has 8 heteroatoms. The summed E-state index contributed by atoms with van der Waals surface area (Å²) in [6.07, 6.45) is -1.26. The van der Waals surface area contributed by atoms with E-state index in [1.165, 1.54) is 11.9 Å². The first kappa shape index (κ1) is 20.2. The topological polar surface area (TPSA) is 108 Å². The molecule has 0 bridgehead atoms. The van der Waals surface area contributed by atoms with E-state index in [0.717, 1.165) is 0 Å². The maximum Gasteiger partial charge on any atom is 0.408 e. The minimum Gasteiger partial charge on any atom is -0.444 e. The molecule has 1 heterocycles. The highest BCUT2D eigenvalue weighted by atomic mass is 16.6. The molecule has 0 saturated carbocycles. The number of ether oxygens (including phenoxy) is 1. The maximum atomic E-state index is 12.8.